The fourth-order valence-electron chi connectivity index (χ4n) is 2.92. The molecule has 0 atom stereocenters. The molecule has 3 heterocycles. The lowest BCUT2D eigenvalue weighted by atomic mass is 10.1. The molecule has 0 fully saturated rings. The Balaban J connectivity index is 1.52. The highest BCUT2D eigenvalue weighted by atomic mass is 32.2. The van der Waals surface area contributed by atoms with Gasteiger partial charge in [-0.3, -0.25) is 9.12 Å². The van der Waals surface area contributed by atoms with Crippen LogP contribution >= 0.6 is 11.7 Å². The Hall–Kier alpha value is -3.37. The molecule has 28 heavy (non-hydrogen) atoms. The molecule has 138 valence electrons. The van der Waals surface area contributed by atoms with Gasteiger partial charge in [0.15, 0.2) is 0 Å². The van der Waals surface area contributed by atoms with Gasteiger partial charge in [0.25, 0.3) is 10.0 Å². The number of benzene rings is 2. The van der Waals surface area contributed by atoms with Crippen LogP contribution in [0.15, 0.2) is 72.0 Å². The van der Waals surface area contributed by atoms with E-state index in [1.165, 1.54) is 6.07 Å². The molecule has 0 aliphatic rings. The van der Waals surface area contributed by atoms with E-state index in [0.717, 1.165) is 17.3 Å². The average molecular weight is 408 g/mol. The van der Waals surface area contributed by atoms with Crippen molar-refractivity contribution in [3.8, 4) is 11.3 Å². The number of hydrogen-bond acceptors (Lipinski definition) is 7. The van der Waals surface area contributed by atoms with Crippen molar-refractivity contribution in [3.05, 3.63) is 67.1 Å². The van der Waals surface area contributed by atoms with E-state index < -0.39 is 10.0 Å². The second-order valence-electron chi connectivity index (χ2n) is 6.03. The van der Waals surface area contributed by atoms with Crippen molar-refractivity contribution in [2.24, 2.45) is 0 Å². The topological polar surface area (TPSA) is 102 Å². The number of nitrogens with one attached hydrogen (secondary N) is 1. The smallest absolute Gasteiger partial charge is 0.264 e. The summed E-state index contributed by atoms with van der Waals surface area (Å²) in [6.45, 7) is 0. The molecule has 10 heteroatoms. The van der Waals surface area contributed by atoms with Gasteiger partial charge in [-0.1, -0.05) is 18.2 Å². The van der Waals surface area contributed by atoms with Crippen LogP contribution in [0, 0.1) is 0 Å². The fourth-order valence-corrected chi connectivity index (χ4v) is 4.74. The first-order valence-electron chi connectivity index (χ1n) is 8.24. The van der Waals surface area contributed by atoms with Gasteiger partial charge in [0.2, 0.25) is 5.78 Å². The van der Waals surface area contributed by atoms with E-state index in [2.05, 4.69) is 23.4 Å². The maximum absolute atomic E-state index is 12.9. The summed E-state index contributed by atoms with van der Waals surface area (Å²) in [6.07, 6.45) is 5.37. The summed E-state index contributed by atoms with van der Waals surface area (Å²) < 4.78 is 38.4. The van der Waals surface area contributed by atoms with Crippen LogP contribution in [0.25, 0.3) is 28.1 Å². The molecule has 0 aliphatic carbocycles. The van der Waals surface area contributed by atoms with Crippen molar-refractivity contribution in [1.82, 2.24) is 23.1 Å². The summed E-state index contributed by atoms with van der Waals surface area (Å²) in [6, 6.07) is 13.8. The molecule has 0 amide bonds. The quantitative estimate of drug-likeness (QED) is 0.490. The second-order valence-corrected chi connectivity index (χ2v) is 8.21. The van der Waals surface area contributed by atoms with Crippen molar-refractivity contribution in [2.45, 2.75) is 4.90 Å². The normalized spacial score (nSPS) is 11.9. The third-order valence-electron chi connectivity index (χ3n) is 4.18. The van der Waals surface area contributed by atoms with E-state index in [-0.39, 0.29) is 4.90 Å². The molecule has 0 saturated carbocycles. The summed E-state index contributed by atoms with van der Waals surface area (Å²) in [5.41, 5.74) is 2.83. The summed E-state index contributed by atoms with van der Waals surface area (Å²) in [5.74, 6) is 0.575. The van der Waals surface area contributed by atoms with Crippen LogP contribution in [0.3, 0.4) is 0 Å². The van der Waals surface area contributed by atoms with Crippen LogP contribution in [-0.4, -0.2) is 31.5 Å². The number of sulfonamides is 1. The summed E-state index contributed by atoms with van der Waals surface area (Å²) in [5, 5.41) is 0. The van der Waals surface area contributed by atoms with Crippen molar-refractivity contribution in [2.75, 3.05) is 4.72 Å². The van der Waals surface area contributed by atoms with E-state index in [4.69, 9.17) is 0 Å². The number of anilines is 1. The minimum atomic E-state index is -3.82. The Morgan fingerprint density at radius 3 is 2.82 bits per heavy atom. The predicted octanol–water partition coefficient (Wildman–Crippen LogP) is 3.20. The molecule has 0 saturated heterocycles. The molecule has 0 aliphatic heterocycles. The number of rotatable bonds is 4. The Morgan fingerprint density at radius 1 is 1.04 bits per heavy atom. The van der Waals surface area contributed by atoms with Gasteiger partial charge in [-0.2, -0.15) is 8.75 Å². The van der Waals surface area contributed by atoms with Crippen LogP contribution < -0.4 is 4.72 Å². The lowest BCUT2D eigenvalue weighted by molar-refractivity contribution is 0.602. The predicted molar refractivity (Wildman–Crippen MR) is 107 cm³/mol. The van der Waals surface area contributed by atoms with Gasteiger partial charge in [0.1, 0.15) is 15.9 Å². The third-order valence-corrected chi connectivity index (χ3v) is 6.14. The SMILES string of the molecule is O=S(=O)(Nc1cccc(-c2cn3cccnc3n2)c1)c1cccc2nsnc12. The summed E-state index contributed by atoms with van der Waals surface area (Å²) in [7, 11) is -3.82. The summed E-state index contributed by atoms with van der Waals surface area (Å²) >= 11 is 0.982. The maximum Gasteiger partial charge on any atom is 0.264 e. The first kappa shape index (κ1) is 16.8. The van der Waals surface area contributed by atoms with E-state index in [9.17, 15) is 8.42 Å². The second kappa shape index (κ2) is 6.36. The van der Waals surface area contributed by atoms with E-state index in [0.29, 0.717) is 28.2 Å². The maximum atomic E-state index is 12.9. The zero-order valence-electron chi connectivity index (χ0n) is 14.2. The molecule has 3 aromatic heterocycles. The van der Waals surface area contributed by atoms with Gasteiger partial charge in [0.05, 0.1) is 17.4 Å². The number of aromatic nitrogens is 5. The monoisotopic (exact) mass is 408 g/mol. The van der Waals surface area contributed by atoms with Crippen molar-refractivity contribution in [1.29, 1.82) is 0 Å². The van der Waals surface area contributed by atoms with E-state index in [1.807, 2.05) is 28.9 Å². The van der Waals surface area contributed by atoms with Gasteiger partial charge < -0.3 is 0 Å². The van der Waals surface area contributed by atoms with Gasteiger partial charge in [-0.25, -0.2) is 18.4 Å². The Morgan fingerprint density at radius 2 is 1.93 bits per heavy atom. The van der Waals surface area contributed by atoms with Crippen LogP contribution in [0.1, 0.15) is 0 Å². The zero-order chi connectivity index (χ0) is 19.1. The Labute approximate surface area is 163 Å². The lowest BCUT2D eigenvalue weighted by Gasteiger charge is -2.09. The molecule has 5 aromatic rings. The molecule has 0 unspecified atom stereocenters. The fraction of sp³-hybridized carbons (Fsp3) is 0. The standard InChI is InChI=1S/C18H12N6O2S2/c25-28(26,16-7-2-6-14-17(16)22-27-21-14)23-13-5-1-4-12(10-13)15-11-24-9-3-8-19-18(24)20-15/h1-11,23H. The summed E-state index contributed by atoms with van der Waals surface area (Å²) in [4.78, 5) is 8.77. The van der Waals surface area contributed by atoms with Gasteiger partial charge in [-0.05, 0) is 30.3 Å². The third kappa shape index (κ3) is 2.88. The molecule has 0 spiro atoms. The van der Waals surface area contributed by atoms with E-state index >= 15 is 0 Å². The molecule has 0 radical (unpaired) electrons. The highest BCUT2D eigenvalue weighted by Gasteiger charge is 2.20. The van der Waals surface area contributed by atoms with Crippen LogP contribution in [0.5, 0.6) is 0 Å². The molecule has 8 nitrogen and oxygen atoms in total. The highest BCUT2D eigenvalue weighted by molar-refractivity contribution is 7.93. The highest BCUT2D eigenvalue weighted by Crippen LogP contribution is 2.26. The molecular formula is C18H12N6O2S2. The first-order chi connectivity index (χ1) is 13.6. The number of fused-ring (bicyclic) bond motifs is 2. The van der Waals surface area contributed by atoms with Crippen LogP contribution in [-0.2, 0) is 10.0 Å². The van der Waals surface area contributed by atoms with Gasteiger partial charge >= 0.3 is 0 Å². The van der Waals surface area contributed by atoms with Crippen molar-refractivity contribution in [3.63, 3.8) is 0 Å². The zero-order valence-corrected chi connectivity index (χ0v) is 15.9. The van der Waals surface area contributed by atoms with Gasteiger partial charge in [0, 0.05) is 29.8 Å². The van der Waals surface area contributed by atoms with Crippen molar-refractivity contribution >= 4 is 44.2 Å². The first-order valence-corrected chi connectivity index (χ1v) is 10.5. The average Bonchev–Trinajstić information content (AvgIpc) is 3.34. The number of imidazole rings is 1. The minimum Gasteiger partial charge on any atom is -0.291 e. The Bertz CT molecular complexity index is 1390. The number of hydrogen-bond donors (Lipinski definition) is 1. The molecule has 2 aromatic carbocycles. The molecular weight excluding hydrogens is 396 g/mol. The van der Waals surface area contributed by atoms with E-state index in [1.54, 1.807) is 36.5 Å². The minimum absolute atomic E-state index is 0.0982. The largest absolute Gasteiger partial charge is 0.291 e. The molecule has 5 rings (SSSR count). The van der Waals surface area contributed by atoms with Crippen LogP contribution in [0.2, 0.25) is 0 Å². The Kier molecular flexibility index (Phi) is 3.81. The van der Waals surface area contributed by atoms with Gasteiger partial charge in [-0.15, -0.1) is 0 Å². The van der Waals surface area contributed by atoms with Crippen LogP contribution in [0.4, 0.5) is 5.69 Å². The molecule has 0 bridgehead atoms. The number of nitrogens with zero attached hydrogens (tertiary/aromatic N) is 5. The molecule has 1 N–H and O–H groups in total. The van der Waals surface area contributed by atoms with Crippen molar-refractivity contribution < 1.29 is 8.42 Å². The lowest BCUT2D eigenvalue weighted by Crippen LogP contribution is -2.13.